The molecule has 1 amide bonds. The van der Waals surface area contributed by atoms with Gasteiger partial charge in [-0.2, -0.15) is 0 Å². The molecule has 5 heteroatoms. The zero-order chi connectivity index (χ0) is 19.4. The summed E-state index contributed by atoms with van der Waals surface area (Å²) in [6.45, 7) is 12.8. The fraction of sp³-hybridized carbons (Fsp3) is 0.591. The molecule has 1 atom stereocenters. The molecule has 2 heterocycles. The third-order valence-electron chi connectivity index (χ3n) is 6.15. The number of fused-ring (bicyclic) bond motifs is 1. The maximum atomic E-state index is 12.8. The Morgan fingerprint density at radius 1 is 1.22 bits per heavy atom. The highest BCUT2D eigenvalue weighted by atomic mass is 16.5. The number of benzene rings is 1. The van der Waals surface area contributed by atoms with Crippen LogP contribution in [0.3, 0.4) is 0 Å². The minimum absolute atomic E-state index is 0.0133. The van der Waals surface area contributed by atoms with Crippen LogP contribution in [0.15, 0.2) is 18.2 Å². The van der Waals surface area contributed by atoms with Crippen molar-refractivity contribution >= 4 is 16.8 Å². The molecular weight excluding hydrogens is 338 g/mol. The van der Waals surface area contributed by atoms with Crippen molar-refractivity contribution < 1.29 is 9.53 Å². The number of carbonyl (C=O) groups excluding carboxylic acids is 1. The van der Waals surface area contributed by atoms with Crippen molar-refractivity contribution in [2.75, 3.05) is 32.8 Å². The summed E-state index contributed by atoms with van der Waals surface area (Å²) >= 11 is 0. The van der Waals surface area contributed by atoms with E-state index in [1.165, 1.54) is 5.56 Å². The van der Waals surface area contributed by atoms with Crippen molar-refractivity contribution in [3.05, 3.63) is 35.0 Å². The Morgan fingerprint density at radius 3 is 2.59 bits per heavy atom. The first-order valence-electron chi connectivity index (χ1n) is 10.2. The number of aromatic nitrogens is 1. The van der Waals surface area contributed by atoms with Gasteiger partial charge in [0.25, 0.3) is 5.91 Å². The molecular formula is C22H33N3O2. The number of ether oxygens (including phenoxy) is 1. The first kappa shape index (κ1) is 19.9. The standard InChI is InChI=1S/C22H33N3O2/c1-5-17(6-2)21(25-9-11-27-12-10-25)14-23-22(26)18-7-8-20-19(13-18)15(3)16(4)24-20/h7-8,13,17,21,24H,5-6,9-12,14H2,1-4H3,(H,23,26). The number of nitrogens with one attached hydrogen (secondary N) is 2. The van der Waals surface area contributed by atoms with Crippen molar-refractivity contribution in [1.82, 2.24) is 15.2 Å². The Labute approximate surface area is 162 Å². The van der Waals surface area contributed by atoms with E-state index in [1.807, 2.05) is 18.2 Å². The van der Waals surface area contributed by atoms with Gasteiger partial charge >= 0.3 is 0 Å². The normalized spacial score (nSPS) is 16.8. The number of carbonyl (C=O) groups is 1. The van der Waals surface area contributed by atoms with Crippen LogP contribution in [-0.4, -0.2) is 54.7 Å². The quantitative estimate of drug-likeness (QED) is 0.781. The van der Waals surface area contributed by atoms with Crippen molar-refractivity contribution in [2.24, 2.45) is 5.92 Å². The first-order chi connectivity index (χ1) is 13.0. The Kier molecular flexibility index (Phi) is 6.55. The van der Waals surface area contributed by atoms with E-state index in [9.17, 15) is 4.79 Å². The van der Waals surface area contributed by atoms with Crippen LogP contribution in [0.2, 0.25) is 0 Å². The minimum Gasteiger partial charge on any atom is -0.379 e. The summed E-state index contributed by atoms with van der Waals surface area (Å²) in [6.07, 6.45) is 2.25. The van der Waals surface area contributed by atoms with Gasteiger partial charge in [0.15, 0.2) is 0 Å². The molecule has 1 aromatic carbocycles. The van der Waals surface area contributed by atoms with Gasteiger partial charge in [-0.05, 0) is 43.5 Å². The Balaban J connectivity index is 1.72. The summed E-state index contributed by atoms with van der Waals surface area (Å²) in [7, 11) is 0. The number of aryl methyl sites for hydroxylation is 2. The number of nitrogens with zero attached hydrogens (tertiary/aromatic N) is 1. The van der Waals surface area contributed by atoms with Gasteiger partial charge in [-0.15, -0.1) is 0 Å². The smallest absolute Gasteiger partial charge is 0.251 e. The average molecular weight is 372 g/mol. The van der Waals surface area contributed by atoms with Crippen molar-refractivity contribution in [2.45, 2.75) is 46.6 Å². The molecule has 3 rings (SSSR count). The highest BCUT2D eigenvalue weighted by Gasteiger charge is 2.27. The Hall–Kier alpha value is -1.85. The zero-order valence-electron chi connectivity index (χ0n) is 17.1. The lowest BCUT2D eigenvalue weighted by Gasteiger charge is -2.38. The molecule has 0 spiro atoms. The van der Waals surface area contributed by atoms with E-state index >= 15 is 0 Å². The van der Waals surface area contributed by atoms with E-state index in [0.717, 1.165) is 61.3 Å². The molecule has 1 aromatic heterocycles. The summed E-state index contributed by atoms with van der Waals surface area (Å²) in [6, 6.07) is 6.29. The molecule has 1 aliphatic heterocycles. The maximum Gasteiger partial charge on any atom is 0.251 e. The maximum absolute atomic E-state index is 12.8. The van der Waals surface area contributed by atoms with Gasteiger partial charge < -0.3 is 15.0 Å². The van der Waals surface area contributed by atoms with Crippen molar-refractivity contribution in [3.8, 4) is 0 Å². The number of hydrogen-bond donors (Lipinski definition) is 2. The fourth-order valence-corrected chi connectivity index (χ4v) is 4.24. The van der Waals surface area contributed by atoms with E-state index in [0.29, 0.717) is 18.5 Å². The van der Waals surface area contributed by atoms with Crippen LogP contribution in [0.4, 0.5) is 0 Å². The van der Waals surface area contributed by atoms with Crippen LogP contribution in [0, 0.1) is 19.8 Å². The second kappa shape index (κ2) is 8.89. The number of morpholine rings is 1. The highest BCUT2D eigenvalue weighted by molar-refractivity contribution is 5.99. The van der Waals surface area contributed by atoms with E-state index in [4.69, 9.17) is 4.74 Å². The predicted molar refractivity (Wildman–Crippen MR) is 110 cm³/mol. The molecule has 0 saturated carbocycles. The average Bonchev–Trinajstić information content (AvgIpc) is 2.99. The SMILES string of the molecule is CCC(CC)C(CNC(=O)c1ccc2[nH]c(C)c(C)c2c1)N1CCOCC1. The molecule has 0 radical (unpaired) electrons. The number of rotatable bonds is 7. The van der Waals surface area contributed by atoms with Crippen LogP contribution in [0.1, 0.15) is 48.3 Å². The van der Waals surface area contributed by atoms with Gasteiger partial charge in [0.05, 0.1) is 13.2 Å². The third kappa shape index (κ3) is 4.36. The lowest BCUT2D eigenvalue weighted by Crippen LogP contribution is -2.52. The molecule has 148 valence electrons. The zero-order valence-corrected chi connectivity index (χ0v) is 17.1. The summed E-state index contributed by atoms with van der Waals surface area (Å²) in [5, 5.41) is 4.33. The largest absolute Gasteiger partial charge is 0.379 e. The lowest BCUT2D eigenvalue weighted by molar-refractivity contribution is 0.00191. The van der Waals surface area contributed by atoms with Crippen molar-refractivity contribution in [3.63, 3.8) is 0 Å². The van der Waals surface area contributed by atoms with Gasteiger partial charge in [0.1, 0.15) is 0 Å². The number of amides is 1. The monoisotopic (exact) mass is 371 g/mol. The van der Waals surface area contributed by atoms with Crippen LogP contribution < -0.4 is 5.32 Å². The number of hydrogen-bond acceptors (Lipinski definition) is 3. The molecule has 0 bridgehead atoms. The summed E-state index contributed by atoms with van der Waals surface area (Å²) < 4.78 is 5.51. The lowest BCUT2D eigenvalue weighted by atomic mass is 9.92. The highest BCUT2D eigenvalue weighted by Crippen LogP contribution is 2.23. The molecule has 27 heavy (non-hydrogen) atoms. The molecule has 5 nitrogen and oxygen atoms in total. The molecule has 2 N–H and O–H groups in total. The summed E-state index contributed by atoms with van der Waals surface area (Å²) in [4.78, 5) is 18.7. The molecule has 1 saturated heterocycles. The van der Waals surface area contributed by atoms with Gasteiger partial charge in [0.2, 0.25) is 0 Å². The Morgan fingerprint density at radius 2 is 1.93 bits per heavy atom. The van der Waals surface area contributed by atoms with Crippen LogP contribution >= 0.6 is 0 Å². The second-order valence-electron chi connectivity index (χ2n) is 7.64. The van der Waals surface area contributed by atoms with Gasteiger partial charge in [-0.1, -0.05) is 26.7 Å². The fourth-order valence-electron chi connectivity index (χ4n) is 4.24. The molecule has 1 aliphatic rings. The van der Waals surface area contributed by atoms with E-state index in [1.54, 1.807) is 0 Å². The van der Waals surface area contributed by atoms with Crippen LogP contribution in [0.5, 0.6) is 0 Å². The molecule has 0 aliphatic carbocycles. The molecule has 1 unspecified atom stereocenters. The van der Waals surface area contributed by atoms with Crippen LogP contribution in [0.25, 0.3) is 10.9 Å². The minimum atomic E-state index is 0.0133. The molecule has 1 fully saturated rings. The van der Waals surface area contributed by atoms with E-state index < -0.39 is 0 Å². The topological polar surface area (TPSA) is 57.4 Å². The Bertz CT molecular complexity index is 773. The molecule has 2 aromatic rings. The van der Waals surface area contributed by atoms with E-state index in [2.05, 4.69) is 42.9 Å². The van der Waals surface area contributed by atoms with E-state index in [-0.39, 0.29) is 5.91 Å². The van der Waals surface area contributed by atoms with Crippen LogP contribution in [-0.2, 0) is 4.74 Å². The first-order valence-corrected chi connectivity index (χ1v) is 10.2. The van der Waals surface area contributed by atoms with Gasteiger partial charge in [-0.3, -0.25) is 9.69 Å². The predicted octanol–water partition coefficient (Wildman–Crippen LogP) is 3.65. The summed E-state index contributed by atoms with van der Waals surface area (Å²) in [5.41, 5.74) is 4.19. The summed E-state index contributed by atoms with van der Waals surface area (Å²) in [5.74, 6) is 0.597. The number of H-pyrrole nitrogens is 1. The number of aromatic amines is 1. The van der Waals surface area contributed by atoms with Crippen molar-refractivity contribution in [1.29, 1.82) is 0 Å². The van der Waals surface area contributed by atoms with Gasteiger partial charge in [0, 0.05) is 47.8 Å². The third-order valence-corrected chi connectivity index (χ3v) is 6.15. The second-order valence-corrected chi connectivity index (χ2v) is 7.64. The van der Waals surface area contributed by atoms with Gasteiger partial charge in [-0.25, -0.2) is 0 Å².